The van der Waals surface area contributed by atoms with Crippen molar-refractivity contribution in [2.45, 2.75) is 13.0 Å². The van der Waals surface area contributed by atoms with Crippen LogP contribution in [0, 0.1) is 0 Å². The summed E-state index contributed by atoms with van der Waals surface area (Å²) in [5, 5.41) is 12.9. The Bertz CT molecular complexity index is 710. The van der Waals surface area contributed by atoms with Crippen LogP contribution in [0.5, 0.6) is 11.5 Å². The SMILES string of the molecule is CC=NOC(c1ccc(OC)c(OC)c1)c1ccc(C(=O)O)s1. The summed E-state index contributed by atoms with van der Waals surface area (Å²) in [6.07, 6.45) is 1.00. The van der Waals surface area contributed by atoms with Gasteiger partial charge in [0.1, 0.15) is 4.88 Å². The van der Waals surface area contributed by atoms with Crippen molar-refractivity contribution in [1.29, 1.82) is 0 Å². The van der Waals surface area contributed by atoms with Gasteiger partial charge in [0.05, 0.1) is 19.1 Å². The molecule has 1 N–H and O–H groups in total. The standard InChI is InChI=1S/C16H17NO5S/c1-4-17-22-15(13-7-8-14(23-13)16(18)19)10-5-6-11(20-2)12(9-10)21-3/h4-9,15H,1-3H3,(H,18,19). The third-order valence-corrected chi connectivity index (χ3v) is 4.19. The van der Waals surface area contributed by atoms with E-state index in [4.69, 9.17) is 19.4 Å². The molecule has 0 amide bonds. The molecular weight excluding hydrogens is 318 g/mol. The van der Waals surface area contributed by atoms with Gasteiger partial charge in [-0.15, -0.1) is 11.3 Å². The molecule has 122 valence electrons. The van der Waals surface area contributed by atoms with Crippen LogP contribution in [0.3, 0.4) is 0 Å². The molecule has 0 aliphatic heterocycles. The zero-order valence-electron chi connectivity index (χ0n) is 13.0. The third kappa shape index (κ3) is 3.81. The molecule has 6 nitrogen and oxygen atoms in total. The molecule has 0 spiro atoms. The number of aromatic carboxylic acids is 1. The number of methoxy groups -OCH3 is 2. The van der Waals surface area contributed by atoms with Gasteiger partial charge in [-0.25, -0.2) is 4.79 Å². The number of nitrogens with zero attached hydrogens (tertiary/aromatic N) is 1. The highest BCUT2D eigenvalue weighted by atomic mass is 32.1. The molecule has 23 heavy (non-hydrogen) atoms. The number of hydrogen-bond acceptors (Lipinski definition) is 6. The Morgan fingerprint density at radius 1 is 1.22 bits per heavy atom. The molecule has 0 aliphatic rings. The molecule has 0 bridgehead atoms. The lowest BCUT2D eigenvalue weighted by Gasteiger charge is -2.16. The average molecular weight is 335 g/mol. The van der Waals surface area contributed by atoms with E-state index in [-0.39, 0.29) is 4.88 Å². The van der Waals surface area contributed by atoms with Crippen LogP contribution >= 0.6 is 11.3 Å². The molecule has 0 fully saturated rings. The Labute approximate surface area is 137 Å². The predicted octanol–water partition coefficient (Wildman–Crippen LogP) is 3.58. The Hall–Kier alpha value is -2.54. The summed E-state index contributed by atoms with van der Waals surface area (Å²) >= 11 is 1.15. The number of rotatable bonds is 7. The lowest BCUT2D eigenvalue weighted by atomic mass is 10.1. The molecule has 2 rings (SSSR count). The maximum atomic E-state index is 11.1. The molecule has 1 aromatic carbocycles. The van der Waals surface area contributed by atoms with Crippen LogP contribution in [0.4, 0.5) is 0 Å². The molecule has 2 aromatic rings. The Morgan fingerprint density at radius 3 is 2.52 bits per heavy atom. The van der Waals surface area contributed by atoms with Gasteiger partial charge < -0.3 is 19.4 Å². The fourth-order valence-electron chi connectivity index (χ4n) is 2.02. The second-order valence-corrected chi connectivity index (χ2v) is 5.59. The normalized spacial score (nSPS) is 12.1. The minimum absolute atomic E-state index is 0.245. The van der Waals surface area contributed by atoms with Gasteiger partial charge in [0.25, 0.3) is 0 Å². The van der Waals surface area contributed by atoms with E-state index in [1.54, 1.807) is 45.4 Å². The van der Waals surface area contributed by atoms with E-state index in [2.05, 4.69) is 5.16 Å². The quantitative estimate of drug-likeness (QED) is 0.618. The van der Waals surface area contributed by atoms with Crippen LogP contribution in [-0.4, -0.2) is 31.5 Å². The van der Waals surface area contributed by atoms with Crippen LogP contribution < -0.4 is 9.47 Å². The second-order valence-electron chi connectivity index (χ2n) is 4.47. The highest BCUT2D eigenvalue weighted by molar-refractivity contribution is 7.14. The van der Waals surface area contributed by atoms with Crippen molar-refractivity contribution in [3.05, 3.63) is 45.6 Å². The van der Waals surface area contributed by atoms with Crippen molar-refractivity contribution in [3.63, 3.8) is 0 Å². The maximum Gasteiger partial charge on any atom is 0.345 e. The van der Waals surface area contributed by atoms with Crippen molar-refractivity contribution in [2.24, 2.45) is 5.16 Å². The molecule has 0 aliphatic carbocycles. The zero-order valence-corrected chi connectivity index (χ0v) is 13.8. The molecule has 0 saturated carbocycles. The average Bonchev–Trinajstić information content (AvgIpc) is 3.05. The van der Waals surface area contributed by atoms with E-state index >= 15 is 0 Å². The zero-order chi connectivity index (χ0) is 16.8. The van der Waals surface area contributed by atoms with Crippen LogP contribution in [0.1, 0.15) is 33.1 Å². The van der Waals surface area contributed by atoms with Gasteiger partial charge in [-0.05, 0) is 31.2 Å². The summed E-state index contributed by atoms with van der Waals surface area (Å²) in [6, 6.07) is 8.66. The summed E-state index contributed by atoms with van der Waals surface area (Å²) in [6.45, 7) is 1.74. The summed E-state index contributed by atoms with van der Waals surface area (Å²) < 4.78 is 10.5. The summed E-state index contributed by atoms with van der Waals surface area (Å²) in [7, 11) is 3.11. The first-order valence-electron chi connectivity index (χ1n) is 6.79. The first-order valence-corrected chi connectivity index (χ1v) is 7.61. The molecule has 1 aromatic heterocycles. The molecule has 7 heteroatoms. The van der Waals surface area contributed by atoms with Crippen LogP contribution in [0.2, 0.25) is 0 Å². The first kappa shape index (κ1) is 16.8. The van der Waals surface area contributed by atoms with E-state index in [1.165, 1.54) is 6.21 Å². The van der Waals surface area contributed by atoms with E-state index < -0.39 is 12.1 Å². The van der Waals surface area contributed by atoms with Crippen molar-refractivity contribution in [2.75, 3.05) is 14.2 Å². The summed E-state index contributed by atoms with van der Waals surface area (Å²) in [5.74, 6) is 0.201. The predicted molar refractivity (Wildman–Crippen MR) is 87.9 cm³/mol. The van der Waals surface area contributed by atoms with Crippen molar-refractivity contribution in [1.82, 2.24) is 0 Å². The molecule has 0 radical (unpaired) electrons. The van der Waals surface area contributed by atoms with Gasteiger partial charge in [0.15, 0.2) is 17.6 Å². The number of thiophene rings is 1. The minimum atomic E-state index is -0.966. The van der Waals surface area contributed by atoms with Gasteiger partial charge in [0.2, 0.25) is 0 Å². The Balaban J connectivity index is 2.43. The van der Waals surface area contributed by atoms with Gasteiger partial charge in [-0.3, -0.25) is 0 Å². The largest absolute Gasteiger partial charge is 0.493 e. The molecular formula is C16H17NO5S. The van der Waals surface area contributed by atoms with Gasteiger partial charge in [-0.1, -0.05) is 11.2 Å². The number of carboxylic acid groups (broad SMARTS) is 1. The molecule has 1 heterocycles. The molecule has 0 saturated heterocycles. The first-order chi connectivity index (χ1) is 11.1. The number of carboxylic acids is 1. The topological polar surface area (TPSA) is 77.3 Å². The fraction of sp³-hybridized carbons (Fsp3) is 0.250. The third-order valence-electron chi connectivity index (χ3n) is 3.08. The van der Waals surface area contributed by atoms with E-state index in [0.717, 1.165) is 21.8 Å². The number of hydrogen-bond donors (Lipinski definition) is 1. The van der Waals surface area contributed by atoms with Crippen LogP contribution in [-0.2, 0) is 4.84 Å². The lowest BCUT2D eigenvalue weighted by molar-refractivity contribution is 0.0702. The number of benzene rings is 1. The monoisotopic (exact) mass is 335 g/mol. The highest BCUT2D eigenvalue weighted by Gasteiger charge is 2.21. The van der Waals surface area contributed by atoms with Crippen LogP contribution in [0.15, 0.2) is 35.5 Å². The van der Waals surface area contributed by atoms with E-state index in [0.29, 0.717) is 11.5 Å². The van der Waals surface area contributed by atoms with E-state index in [1.807, 2.05) is 6.07 Å². The Kier molecular flexibility index (Phi) is 5.59. The maximum absolute atomic E-state index is 11.1. The number of ether oxygens (including phenoxy) is 2. The molecule has 1 unspecified atom stereocenters. The Morgan fingerprint density at radius 2 is 1.96 bits per heavy atom. The number of carbonyl (C=O) groups is 1. The van der Waals surface area contributed by atoms with E-state index in [9.17, 15) is 4.79 Å². The van der Waals surface area contributed by atoms with Gasteiger partial charge >= 0.3 is 5.97 Å². The van der Waals surface area contributed by atoms with Gasteiger partial charge in [0, 0.05) is 11.8 Å². The highest BCUT2D eigenvalue weighted by Crippen LogP contribution is 2.36. The number of oxime groups is 1. The second kappa shape index (κ2) is 7.64. The van der Waals surface area contributed by atoms with Crippen molar-refractivity contribution >= 4 is 23.5 Å². The summed E-state index contributed by atoms with van der Waals surface area (Å²) in [4.78, 5) is 17.6. The molecule has 1 atom stereocenters. The van der Waals surface area contributed by atoms with Crippen molar-refractivity contribution in [3.8, 4) is 11.5 Å². The lowest BCUT2D eigenvalue weighted by Crippen LogP contribution is -2.02. The van der Waals surface area contributed by atoms with Crippen LogP contribution in [0.25, 0.3) is 0 Å². The fourth-order valence-corrected chi connectivity index (χ4v) is 2.92. The summed E-state index contributed by atoms with van der Waals surface area (Å²) in [5.41, 5.74) is 0.784. The smallest absolute Gasteiger partial charge is 0.345 e. The van der Waals surface area contributed by atoms with Crippen molar-refractivity contribution < 1.29 is 24.2 Å². The minimum Gasteiger partial charge on any atom is -0.493 e. The van der Waals surface area contributed by atoms with Gasteiger partial charge in [-0.2, -0.15) is 0 Å².